The van der Waals surface area contributed by atoms with Crippen LogP contribution in [0, 0.1) is 0 Å². The Kier molecular flexibility index (Phi) is 4.45. The molecule has 1 aromatic heterocycles. The molecule has 1 heterocycles. The molecule has 5 nitrogen and oxygen atoms in total. The minimum Gasteiger partial charge on any atom is -0.393 e. The van der Waals surface area contributed by atoms with E-state index < -0.39 is 0 Å². The van der Waals surface area contributed by atoms with Crippen molar-refractivity contribution in [2.24, 2.45) is 0 Å². The molecule has 0 atom stereocenters. The number of rotatable bonds is 3. The fourth-order valence-electron chi connectivity index (χ4n) is 2.70. The summed E-state index contributed by atoms with van der Waals surface area (Å²) in [4.78, 5) is 12.4. The van der Waals surface area contributed by atoms with Gasteiger partial charge in [0.1, 0.15) is 17.5 Å². The lowest BCUT2D eigenvalue weighted by Crippen LogP contribution is -2.38. The first-order valence-corrected chi connectivity index (χ1v) is 7.70. The van der Waals surface area contributed by atoms with Crippen molar-refractivity contribution in [3.63, 3.8) is 0 Å². The molecule has 1 fully saturated rings. The molecule has 1 amide bonds. The fraction of sp³-hybridized carbons (Fsp3) is 0.375. The molecule has 0 spiro atoms. The third-order valence-electron chi connectivity index (χ3n) is 3.96. The molecule has 3 rings (SSSR count). The second-order valence-electron chi connectivity index (χ2n) is 5.56. The van der Waals surface area contributed by atoms with Gasteiger partial charge in [-0.3, -0.25) is 4.79 Å². The van der Waals surface area contributed by atoms with Crippen LogP contribution in [0.5, 0.6) is 0 Å². The largest absolute Gasteiger partial charge is 0.393 e. The molecule has 1 aliphatic rings. The van der Waals surface area contributed by atoms with Crippen LogP contribution in [-0.2, 0) is 0 Å². The van der Waals surface area contributed by atoms with Crippen LogP contribution in [0.4, 0.5) is 0 Å². The van der Waals surface area contributed by atoms with E-state index in [-0.39, 0.29) is 18.1 Å². The number of hydrogen-bond donors (Lipinski definition) is 2. The first-order chi connectivity index (χ1) is 10.6. The van der Waals surface area contributed by atoms with Gasteiger partial charge < -0.3 is 14.9 Å². The van der Waals surface area contributed by atoms with Crippen molar-refractivity contribution < 1.29 is 14.4 Å². The van der Waals surface area contributed by atoms with Gasteiger partial charge in [0.05, 0.1) is 6.10 Å². The van der Waals surface area contributed by atoms with Crippen molar-refractivity contribution in [1.82, 2.24) is 10.5 Å². The Morgan fingerprint density at radius 2 is 1.91 bits per heavy atom. The predicted molar refractivity (Wildman–Crippen MR) is 82.7 cm³/mol. The number of benzene rings is 1. The van der Waals surface area contributed by atoms with Crippen LogP contribution in [0.25, 0.3) is 11.3 Å². The molecule has 0 saturated heterocycles. The molecule has 6 heteroatoms. The maximum atomic E-state index is 12.4. The average Bonchev–Trinajstić information content (AvgIpc) is 3.00. The molecule has 0 bridgehead atoms. The third kappa shape index (κ3) is 3.31. The summed E-state index contributed by atoms with van der Waals surface area (Å²) in [6.45, 7) is 0. The van der Waals surface area contributed by atoms with E-state index in [0.717, 1.165) is 31.2 Å². The minimum absolute atomic E-state index is 0.0869. The van der Waals surface area contributed by atoms with Crippen molar-refractivity contribution in [3.05, 3.63) is 41.1 Å². The molecule has 116 valence electrons. The zero-order valence-electron chi connectivity index (χ0n) is 12.0. The molecular weight excluding hydrogens is 304 g/mol. The van der Waals surface area contributed by atoms with Gasteiger partial charge >= 0.3 is 0 Å². The number of aliphatic hydroxyl groups is 1. The van der Waals surface area contributed by atoms with Crippen molar-refractivity contribution in [2.45, 2.75) is 37.8 Å². The van der Waals surface area contributed by atoms with Crippen LogP contribution in [0.3, 0.4) is 0 Å². The number of aliphatic hydroxyl groups excluding tert-OH is 1. The molecular formula is C16H17ClN2O3. The van der Waals surface area contributed by atoms with E-state index in [0.29, 0.717) is 16.3 Å². The summed E-state index contributed by atoms with van der Waals surface area (Å²) in [5.74, 6) is -0.201. The van der Waals surface area contributed by atoms with E-state index in [1.807, 2.05) is 0 Å². The lowest BCUT2D eigenvalue weighted by Gasteiger charge is -2.26. The molecule has 1 saturated carbocycles. The van der Waals surface area contributed by atoms with Crippen molar-refractivity contribution >= 4 is 17.5 Å². The first-order valence-electron chi connectivity index (χ1n) is 7.32. The summed E-state index contributed by atoms with van der Waals surface area (Å²) >= 11 is 5.87. The Hall–Kier alpha value is -1.85. The van der Waals surface area contributed by atoms with Crippen LogP contribution in [0.1, 0.15) is 36.0 Å². The Labute approximate surface area is 133 Å². The normalized spacial score (nSPS) is 21.5. The second kappa shape index (κ2) is 6.50. The monoisotopic (exact) mass is 320 g/mol. The lowest BCUT2D eigenvalue weighted by molar-refractivity contribution is 0.0867. The SMILES string of the molecule is O=C(NC1CCC(O)CC1)c1conc1-c1ccc(Cl)cc1. The number of hydrogen-bond acceptors (Lipinski definition) is 4. The number of carbonyl (C=O) groups excluding carboxylic acids is 1. The van der Waals surface area contributed by atoms with Gasteiger partial charge in [-0.1, -0.05) is 28.9 Å². The molecule has 0 unspecified atom stereocenters. The van der Waals surface area contributed by atoms with Crippen molar-refractivity contribution in [2.75, 3.05) is 0 Å². The molecule has 2 N–H and O–H groups in total. The van der Waals surface area contributed by atoms with E-state index in [1.54, 1.807) is 24.3 Å². The van der Waals surface area contributed by atoms with Crippen LogP contribution in [0.2, 0.25) is 5.02 Å². The predicted octanol–water partition coefficient (Wildman–Crippen LogP) is 3.03. The van der Waals surface area contributed by atoms with Crippen molar-refractivity contribution in [3.8, 4) is 11.3 Å². The second-order valence-corrected chi connectivity index (χ2v) is 6.00. The van der Waals surface area contributed by atoms with Gasteiger partial charge in [-0.25, -0.2) is 0 Å². The Morgan fingerprint density at radius 3 is 2.59 bits per heavy atom. The number of aromatic nitrogens is 1. The van der Waals surface area contributed by atoms with Crippen LogP contribution in [0.15, 0.2) is 35.1 Å². The van der Waals surface area contributed by atoms with Gasteiger partial charge in [-0.05, 0) is 37.8 Å². The van der Waals surface area contributed by atoms with Crippen molar-refractivity contribution in [1.29, 1.82) is 0 Å². The minimum atomic E-state index is -0.242. The maximum Gasteiger partial charge on any atom is 0.257 e. The number of carbonyl (C=O) groups is 1. The molecule has 1 aliphatic carbocycles. The zero-order valence-corrected chi connectivity index (χ0v) is 12.7. The summed E-state index contributed by atoms with van der Waals surface area (Å²) in [7, 11) is 0. The highest BCUT2D eigenvalue weighted by Gasteiger charge is 2.24. The maximum absolute atomic E-state index is 12.4. The van der Waals surface area contributed by atoms with E-state index in [2.05, 4.69) is 10.5 Å². The van der Waals surface area contributed by atoms with E-state index in [1.165, 1.54) is 6.26 Å². The van der Waals surface area contributed by atoms with Crippen LogP contribution >= 0.6 is 11.6 Å². The first kappa shape index (κ1) is 15.1. The van der Waals surface area contributed by atoms with Gasteiger partial charge in [0.2, 0.25) is 0 Å². The third-order valence-corrected chi connectivity index (χ3v) is 4.22. The summed E-state index contributed by atoms with van der Waals surface area (Å²) in [6.07, 6.45) is 4.13. The highest BCUT2D eigenvalue weighted by molar-refractivity contribution is 6.30. The summed E-state index contributed by atoms with van der Waals surface area (Å²) in [5.41, 5.74) is 1.70. The zero-order chi connectivity index (χ0) is 15.5. The van der Waals surface area contributed by atoms with Gasteiger partial charge in [-0.2, -0.15) is 0 Å². The Balaban J connectivity index is 1.74. The van der Waals surface area contributed by atoms with Gasteiger partial charge in [0.25, 0.3) is 5.91 Å². The number of nitrogens with zero attached hydrogens (tertiary/aromatic N) is 1. The van der Waals surface area contributed by atoms with Gasteiger partial charge in [0.15, 0.2) is 0 Å². The van der Waals surface area contributed by atoms with Crippen LogP contribution in [-0.4, -0.2) is 28.3 Å². The number of nitrogens with one attached hydrogen (secondary N) is 1. The lowest BCUT2D eigenvalue weighted by atomic mass is 9.93. The Morgan fingerprint density at radius 1 is 1.23 bits per heavy atom. The van der Waals surface area contributed by atoms with Crippen LogP contribution < -0.4 is 5.32 Å². The van der Waals surface area contributed by atoms with E-state index >= 15 is 0 Å². The summed E-state index contributed by atoms with van der Waals surface area (Å²) < 4.78 is 4.97. The molecule has 0 aliphatic heterocycles. The Bertz CT molecular complexity index is 646. The van der Waals surface area contributed by atoms with Gasteiger partial charge in [-0.15, -0.1) is 0 Å². The van der Waals surface area contributed by atoms with E-state index in [4.69, 9.17) is 16.1 Å². The topological polar surface area (TPSA) is 75.4 Å². The summed E-state index contributed by atoms with van der Waals surface area (Å²) in [5, 5.41) is 17.0. The molecule has 1 aromatic carbocycles. The highest BCUT2D eigenvalue weighted by atomic mass is 35.5. The average molecular weight is 321 g/mol. The molecule has 0 radical (unpaired) electrons. The molecule has 2 aromatic rings. The quantitative estimate of drug-likeness (QED) is 0.911. The number of amides is 1. The van der Waals surface area contributed by atoms with Gasteiger partial charge in [0, 0.05) is 16.6 Å². The highest BCUT2D eigenvalue weighted by Crippen LogP contribution is 2.25. The fourth-order valence-corrected chi connectivity index (χ4v) is 2.82. The summed E-state index contributed by atoms with van der Waals surface area (Å²) in [6, 6.07) is 7.18. The standard InChI is InChI=1S/C16H17ClN2O3/c17-11-3-1-10(2-4-11)15-14(9-22-19-15)16(21)18-12-5-7-13(20)8-6-12/h1-4,9,12-13,20H,5-8H2,(H,18,21). The molecule has 22 heavy (non-hydrogen) atoms. The van der Waals surface area contributed by atoms with E-state index in [9.17, 15) is 9.90 Å². The smallest absolute Gasteiger partial charge is 0.257 e. The number of halogens is 1.